The second-order valence-corrected chi connectivity index (χ2v) is 5.53. The lowest BCUT2D eigenvalue weighted by molar-refractivity contribution is -0.305. The lowest BCUT2D eigenvalue weighted by Crippen LogP contribution is -2.37. The standard InChI is InChI=1S/C20H20N2O5/c1-27-16-9-7-14(8-10-16)13-17(20(26)21-12-11-18(23)24)22-19(25)15-5-3-2-4-6-15/h2-10,13H,11-12H2,1H3,(H,21,26)(H,22,25)(H,23,24)/p-1/b17-13+. The topological polar surface area (TPSA) is 108 Å². The molecule has 2 N–H and O–H groups in total. The molecule has 0 heterocycles. The third-order valence-corrected chi connectivity index (χ3v) is 3.57. The van der Waals surface area contributed by atoms with Crippen LogP contribution in [0, 0.1) is 0 Å². The minimum Gasteiger partial charge on any atom is -0.550 e. The molecule has 0 bridgehead atoms. The number of carboxylic acid groups (broad SMARTS) is 1. The normalized spacial score (nSPS) is 10.8. The molecule has 2 aromatic rings. The van der Waals surface area contributed by atoms with Crippen LogP contribution in [0.25, 0.3) is 6.08 Å². The second-order valence-electron chi connectivity index (χ2n) is 5.53. The molecule has 0 aromatic heterocycles. The quantitative estimate of drug-likeness (QED) is 0.669. The van der Waals surface area contributed by atoms with Gasteiger partial charge < -0.3 is 25.3 Å². The highest BCUT2D eigenvalue weighted by Crippen LogP contribution is 2.14. The number of carbonyl (C=O) groups is 3. The first kappa shape index (κ1) is 19.7. The summed E-state index contributed by atoms with van der Waals surface area (Å²) in [6.45, 7) is -0.109. The minimum absolute atomic E-state index is 0.00707. The average molecular weight is 367 g/mol. The zero-order chi connectivity index (χ0) is 19.6. The average Bonchev–Trinajstić information content (AvgIpc) is 2.68. The summed E-state index contributed by atoms with van der Waals surface area (Å²) >= 11 is 0. The van der Waals surface area contributed by atoms with Crippen molar-refractivity contribution in [1.29, 1.82) is 0 Å². The molecule has 0 atom stereocenters. The number of hydrogen-bond donors (Lipinski definition) is 2. The molecule has 140 valence electrons. The van der Waals surface area contributed by atoms with Gasteiger partial charge >= 0.3 is 0 Å². The fourth-order valence-electron chi connectivity index (χ4n) is 2.18. The molecule has 2 amide bonds. The van der Waals surface area contributed by atoms with Crippen LogP contribution < -0.4 is 20.5 Å². The van der Waals surface area contributed by atoms with Crippen molar-refractivity contribution in [3.8, 4) is 5.75 Å². The summed E-state index contributed by atoms with van der Waals surface area (Å²) in [6.07, 6.45) is 1.17. The van der Waals surface area contributed by atoms with Gasteiger partial charge in [-0.2, -0.15) is 0 Å². The van der Waals surface area contributed by atoms with Gasteiger partial charge in [0, 0.05) is 24.5 Å². The highest BCUT2D eigenvalue weighted by Gasteiger charge is 2.14. The minimum atomic E-state index is -1.27. The summed E-state index contributed by atoms with van der Waals surface area (Å²) in [7, 11) is 1.54. The van der Waals surface area contributed by atoms with E-state index in [4.69, 9.17) is 4.74 Å². The van der Waals surface area contributed by atoms with Crippen molar-refractivity contribution in [3.63, 3.8) is 0 Å². The van der Waals surface area contributed by atoms with E-state index in [1.807, 2.05) is 0 Å². The van der Waals surface area contributed by atoms with Crippen LogP contribution in [-0.4, -0.2) is 31.4 Å². The summed E-state index contributed by atoms with van der Waals surface area (Å²) in [5.41, 5.74) is 1.04. The molecule has 0 unspecified atom stereocenters. The molecule has 0 radical (unpaired) electrons. The molecule has 0 spiro atoms. The maximum absolute atomic E-state index is 12.4. The second kappa shape index (κ2) is 9.76. The van der Waals surface area contributed by atoms with Crippen LogP contribution in [0.4, 0.5) is 0 Å². The Morgan fingerprint density at radius 1 is 1.04 bits per heavy atom. The molecule has 27 heavy (non-hydrogen) atoms. The number of benzene rings is 2. The van der Waals surface area contributed by atoms with E-state index >= 15 is 0 Å². The van der Waals surface area contributed by atoms with Crippen LogP contribution >= 0.6 is 0 Å². The first-order chi connectivity index (χ1) is 13.0. The van der Waals surface area contributed by atoms with Gasteiger partial charge in [-0.15, -0.1) is 0 Å². The Kier molecular flexibility index (Phi) is 7.13. The van der Waals surface area contributed by atoms with E-state index in [1.165, 1.54) is 6.08 Å². The van der Waals surface area contributed by atoms with E-state index in [-0.39, 0.29) is 18.7 Å². The number of carbonyl (C=O) groups excluding carboxylic acids is 3. The molecular formula is C20H19N2O5-. The molecule has 0 aliphatic carbocycles. The summed E-state index contributed by atoms with van der Waals surface area (Å²) < 4.78 is 5.09. The van der Waals surface area contributed by atoms with Crippen molar-refractivity contribution in [1.82, 2.24) is 10.6 Å². The van der Waals surface area contributed by atoms with Crippen LogP contribution in [0.3, 0.4) is 0 Å². The fraction of sp³-hybridized carbons (Fsp3) is 0.150. The van der Waals surface area contributed by atoms with Crippen LogP contribution in [0.2, 0.25) is 0 Å². The lowest BCUT2D eigenvalue weighted by Gasteiger charge is -2.11. The first-order valence-corrected chi connectivity index (χ1v) is 8.20. The molecule has 0 fully saturated rings. The van der Waals surface area contributed by atoms with Crippen molar-refractivity contribution in [3.05, 3.63) is 71.4 Å². The molecule has 2 rings (SSSR count). The first-order valence-electron chi connectivity index (χ1n) is 8.20. The van der Waals surface area contributed by atoms with Gasteiger partial charge in [-0.3, -0.25) is 9.59 Å². The van der Waals surface area contributed by atoms with Crippen LogP contribution in [-0.2, 0) is 9.59 Å². The fourth-order valence-corrected chi connectivity index (χ4v) is 2.18. The van der Waals surface area contributed by atoms with Gasteiger partial charge in [0.05, 0.1) is 7.11 Å². The number of aliphatic carboxylic acids is 1. The Morgan fingerprint density at radius 2 is 1.70 bits per heavy atom. The molecule has 7 nitrogen and oxygen atoms in total. The number of amides is 2. The highest BCUT2D eigenvalue weighted by molar-refractivity contribution is 6.05. The van der Waals surface area contributed by atoms with Gasteiger partial charge in [-0.05, 0) is 35.9 Å². The Hall–Kier alpha value is -3.61. The molecule has 2 aromatic carbocycles. The van der Waals surface area contributed by atoms with E-state index in [2.05, 4.69) is 10.6 Å². The van der Waals surface area contributed by atoms with E-state index in [1.54, 1.807) is 61.7 Å². The van der Waals surface area contributed by atoms with Crippen LogP contribution in [0.1, 0.15) is 22.3 Å². The SMILES string of the molecule is COc1ccc(/C=C(/NC(=O)c2ccccc2)C(=O)NCCC(=O)[O-])cc1. The number of rotatable bonds is 8. The number of nitrogens with one attached hydrogen (secondary N) is 2. The van der Waals surface area contributed by atoms with E-state index in [0.29, 0.717) is 16.9 Å². The summed E-state index contributed by atoms with van der Waals surface area (Å²) in [4.78, 5) is 35.3. The van der Waals surface area contributed by atoms with E-state index < -0.39 is 17.8 Å². The Morgan fingerprint density at radius 3 is 2.30 bits per heavy atom. The zero-order valence-corrected chi connectivity index (χ0v) is 14.7. The van der Waals surface area contributed by atoms with Gasteiger partial charge in [0.15, 0.2) is 0 Å². The smallest absolute Gasteiger partial charge is 0.267 e. The predicted octanol–water partition coefficient (Wildman–Crippen LogP) is 0.722. The van der Waals surface area contributed by atoms with Crippen molar-refractivity contribution in [2.75, 3.05) is 13.7 Å². The Bertz CT molecular complexity index is 829. The largest absolute Gasteiger partial charge is 0.550 e. The molecule has 0 aliphatic rings. The van der Waals surface area contributed by atoms with Crippen molar-refractivity contribution >= 4 is 23.9 Å². The van der Waals surface area contributed by atoms with E-state index in [0.717, 1.165) is 0 Å². The molecular weight excluding hydrogens is 348 g/mol. The number of ether oxygens (including phenoxy) is 1. The third kappa shape index (κ3) is 6.32. The molecule has 0 saturated carbocycles. The van der Waals surface area contributed by atoms with Crippen LogP contribution in [0.15, 0.2) is 60.3 Å². The lowest BCUT2D eigenvalue weighted by atomic mass is 10.1. The summed E-state index contributed by atoms with van der Waals surface area (Å²) in [5.74, 6) is -1.67. The molecule has 0 saturated heterocycles. The van der Waals surface area contributed by atoms with Gasteiger partial charge in [-0.1, -0.05) is 30.3 Å². The summed E-state index contributed by atoms with van der Waals surface area (Å²) in [5, 5.41) is 15.5. The highest BCUT2D eigenvalue weighted by atomic mass is 16.5. The van der Waals surface area contributed by atoms with Crippen molar-refractivity contribution in [2.24, 2.45) is 0 Å². The monoisotopic (exact) mass is 367 g/mol. The third-order valence-electron chi connectivity index (χ3n) is 3.57. The van der Waals surface area contributed by atoms with Gasteiger partial charge in [0.2, 0.25) is 0 Å². The summed E-state index contributed by atoms with van der Waals surface area (Å²) in [6, 6.07) is 15.3. The Labute approximate surface area is 156 Å². The maximum Gasteiger partial charge on any atom is 0.267 e. The van der Waals surface area contributed by atoms with Crippen molar-refractivity contribution in [2.45, 2.75) is 6.42 Å². The van der Waals surface area contributed by atoms with E-state index in [9.17, 15) is 19.5 Å². The molecule has 0 aliphatic heterocycles. The number of hydrogen-bond acceptors (Lipinski definition) is 5. The predicted molar refractivity (Wildman–Crippen MR) is 97.5 cm³/mol. The van der Waals surface area contributed by atoms with Crippen LogP contribution in [0.5, 0.6) is 5.75 Å². The van der Waals surface area contributed by atoms with Gasteiger partial charge in [0.1, 0.15) is 11.4 Å². The van der Waals surface area contributed by atoms with Crippen molar-refractivity contribution < 1.29 is 24.2 Å². The number of methoxy groups -OCH3 is 1. The maximum atomic E-state index is 12.4. The molecule has 7 heteroatoms. The van der Waals surface area contributed by atoms with Gasteiger partial charge in [0.25, 0.3) is 11.8 Å². The number of carboxylic acids is 1. The van der Waals surface area contributed by atoms with Gasteiger partial charge in [-0.25, -0.2) is 0 Å². The Balaban J connectivity index is 2.21. The zero-order valence-electron chi connectivity index (χ0n) is 14.7.